The molecule has 0 amide bonds. The van der Waals surface area contributed by atoms with Crippen molar-refractivity contribution in [3.8, 4) is 0 Å². The van der Waals surface area contributed by atoms with E-state index >= 15 is 0 Å². The molecule has 272 valence electrons. The molecule has 0 spiro atoms. The van der Waals surface area contributed by atoms with Crippen LogP contribution in [-0.4, -0.2) is 4.98 Å². The maximum atomic E-state index is 3.75. The fraction of sp³-hybridized carbons (Fsp3) is 0.932. The van der Waals surface area contributed by atoms with Crippen LogP contribution >= 0.6 is 0 Å². The Morgan fingerprint density at radius 3 is 1.04 bits per heavy atom. The van der Waals surface area contributed by atoms with Crippen molar-refractivity contribution < 1.29 is 4.57 Å². The molecule has 1 aromatic rings. The largest absolute Gasteiger partial charge is 0.257 e. The van der Waals surface area contributed by atoms with Crippen molar-refractivity contribution in [2.45, 2.75) is 264 Å². The van der Waals surface area contributed by atoms with E-state index in [-0.39, 0.29) is 0 Å². The molecule has 0 fully saturated rings. The zero-order valence-electron chi connectivity index (χ0n) is 32.5. The van der Waals surface area contributed by atoms with E-state index in [9.17, 15) is 0 Å². The highest BCUT2D eigenvalue weighted by Crippen LogP contribution is 2.27. The number of aromatic amines is 1. The number of H-pyrrole nitrogens is 1. The summed E-state index contributed by atoms with van der Waals surface area (Å²) in [5.41, 5.74) is 0. The van der Waals surface area contributed by atoms with E-state index in [2.05, 4.69) is 49.6 Å². The Balaban J connectivity index is 2.31. The fourth-order valence-electron chi connectivity index (χ4n) is 7.66. The van der Waals surface area contributed by atoms with Crippen LogP contribution in [0.3, 0.4) is 0 Å². The molecule has 0 aliphatic carbocycles. The quantitative estimate of drug-likeness (QED) is 0.0550. The van der Waals surface area contributed by atoms with Gasteiger partial charge in [0.25, 0.3) is 5.82 Å². The highest BCUT2D eigenvalue weighted by atomic mass is 15.1. The van der Waals surface area contributed by atoms with E-state index in [1.54, 1.807) is 0 Å². The number of unbranched alkanes of at least 4 members (excludes halogenated alkanes) is 29. The van der Waals surface area contributed by atoms with Gasteiger partial charge < -0.3 is 0 Å². The zero-order chi connectivity index (χ0) is 33.2. The molecular weight excluding hydrogens is 556 g/mol. The Morgan fingerprint density at radius 1 is 0.413 bits per heavy atom. The van der Waals surface area contributed by atoms with Crippen molar-refractivity contribution in [1.82, 2.24) is 4.98 Å². The van der Waals surface area contributed by atoms with Crippen molar-refractivity contribution in [1.29, 1.82) is 0 Å². The van der Waals surface area contributed by atoms with Crippen molar-refractivity contribution in [2.24, 2.45) is 0 Å². The van der Waals surface area contributed by atoms with Gasteiger partial charge in [-0.1, -0.05) is 220 Å². The molecule has 1 rings (SSSR count). The van der Waals surface area contributed by atoms with Gasteiger partial charge in [-0.25, -0.2) is 9.55 Å². The minimum Gasteiger partial charge on any atom is -0.247 e. The maximum absolute atomic E-state index is 3.75. The summed E-state index contributed by atoms with van der Waals surface area (Å²) in [7, 11) is 0. The van der Waals surface area contributed by atoms with Crippen LogP contribution in [0.25, 0.3) is 0 Å². The van der Waals surface area contributed by atoms with Crippen molar-refractivity contribution in [2.75, 3.05) is 0 Å². The van der Waals surface area contributed by atoms with Crippen LogP contribution in [0.1, 0.15) is 270 Å². The minimum atomic E-state index is 0.619. The first-order valence-corrected chi connectivity index (χ1v) is 21.8. The molecule has 0 aliphatic rings. The molecule has 1 atom stereocenters. The highest BCUT2D eigenvalue weighted by Gasteiger charge is 2.25. The van der Waals surface area contributed by atoms with Crippen LogP contribution in [0.15, 0.2) is 12.4 Å². The summed E-state index contributed by atoms with van der Waals surface area (Å²) >= 11 is 0. The summed E-state index contributed by atoms with van der Waals surface area (Å²) < 4.78 is 2.63. The summed E-state index contributed by atoms with van der Waals surface area (Å²) in [6.45, 7) is 9.41. The number of hydrogen-bond donors (Lipinski definition) is 1. The van der Waals surface area contributed by atoms with Gasteiger partial charge in [-0.05, 0) is 32.6 Å². The monoisotopic (exact) mass is 644 g/mol. The second-order valence-corrected chi connectivity index (χ2v) is 15.4. The lowest BCUT2D eigenvalue weighted by atomic mass is 9.92. The number of nitrogens with zero attached hydrogens (tertiary/aromatic N) is 1. The van der Waals surface area contributed by atoms with Crippen LogP contribution in [-0.2, 0) is 0 Å². The van der Waals surface area contributed by atoms with Gasteiger partial charge in [0.2, 0.25) is 0 Å². The predicted molar refractivity (Wildman–Crippen MR) is 207 cm³/mol. The zero-order valence-corrected chi connectivity index (χ0v) is 32.5. The molecule has 1 unspecified atom stereocenters. The topological polar surface area (TPSA) is 19.7 Å². The lowest BCUT2D eigenvalue weighted by Crippen LogP contribution is -2.41. The van der Waals surface area contributed by atoms with Crippen LogP contribution < -0.4 is 4.57 Å². The molecule has 0 radical (unpaired) electrons. The second-order valence-electron chi connectivity index (χ2n) is 15.4. The normalized spacial score (nSPS) is 12.5. The maximum Gasteiger partial charge on any atom is 0.257 e. The number of rotatable bonds is 37. The average Bonchev–Trinajstić information content (AvgIpc) is 3.56. The summed E-state index contributed by atoms with van der Waals surface area (Å²) in [5, 5.41) is 0. The third-order valence-corrected chi connectivity index (χ3v) is 10.9. The Kier molecular flexibility index (Phi) is 32.0. The Hall–Kier alpha value is -0.790. The first-order valence-electron chi connectivity index (χ1n) is 21.8. The van der Waals surface area contributed by atoms with E-state index in [1.165, 1.54) is 231 Å². The highest BCUT2D eigenvalue weighted by molar-refractivity contribution is 4.90. The molecule has 0 saturated heterocycles. The van der Waals surface area contributed by atoms with Gasteiger partial charge in [0.05, 0.1) is 12.0 Å². The van der Waals surface area contributed by atoms with Gasteiger partial charge in [-0.2, -0.15) is 0 Å². The molecule has 1 aromatic heterocycles. The predicted octanol–water partition coefficient (Wildman–Crippen LogP) is 15.7. The fourth-order valence-corrected chi connectivity index (χ4v) is 7.66. The van der Waals surface area contributed by atoms with E-state index in [4.69, 9.17) is 0 Å². The lowest BCUT2D eigenvalue weighted by Gasteiger charge is -2.17. The Morgan fingerprint density at radius 2 is 0.696 bits per heavy atom. The third-order valence-electron chi connectivity index (χ3n) is 10.9. The van der Waals surface area contributed by atoms with Gasteiger partial charge in [0.1, 0.15) is 12.4 Å². The molecule has 1 heterocycles. The van der Waals surface area contributed by atoms with Gasteiger partial charge >= 0.3 is 0 Å². The summed E-state index contributed by atoms with van der Waals surface area (Å²) in [6.07, 6.45) is 54.7. The molecular formula is C44H87N2+. The minimum absolute atomic E-state index is 0.619. The SMILES string of the molecule is CCCCCCCCCCCCCCCCC(CCCCCCCCCCCCCCCC)c1[nH]cc[n+]1C(C)CCCCCC. The van der Waals surface area contributed by atoms with E-state index < -0.39 is 0 Å². The molecule has 2 heteroatoms. The van der Waals surface area contributed by atoms with Crippen molar-refractivity contribution >= 4 is 0 Å². The first kappa shape index (κ1) is 43.2. The van der Waals surface area contributed by atoms with Gasteiger partial charge in [0, 0.05) is 0 Å². The Labute approximate surface area is 291 Å². The Bertz CT molecular complexity index is 677. The first-order chi connectivity index (χ1) is 22.7. The molecule has 46 heavy (non-hydrogen) atoms. The molecule has 0 aromatic carbocycles. The van der Waals surface area contributed by atoms with E-state index in [0.29, 0.717) is 12.0 Å². The standard InChI is InChI=1S/C44H86N2/c1-5-8-11-14-16-18-20-22-24-26-28-30-32-35-38-43(44-45-40-41-46(44)42(4)37-34-13-10-7-3)39-36-33-31-29-27-25-23-21-19-17-15-12-9-6-2/h40-43H,5-39H2,1-4H3/p+1. The van der Waals surface area contributed by atoms with Crippen molar-refractivity contribution in [3.63, 3.8) is 0 Å². The number of imidazole rings is 1. The third kappa shape index (κ3) is 25.3. The van der Waals surface area contributed by atoms with Gasteiger partial charge in [-0.3, -0.25) is 0 Å². The van der Waals surface area contributed by atoms with Crippen LogP contribution in [0.4, 0.5) is 0 Å². The second kappa shape index (κ2) is 34.1. The molecule has 0 aliphatic heterocycles. The molecule has 0 saturated carbocycles. The number of nitrogens with one attached hydrogen (secondary N) is 1. The van der Waals surface area contributed by atoms with Gasteiger partial charge in [0.15, 0.2) is 0 Å². The van der Waals surface area contributed by atoms with Crippen LogP contribution in [0.5, 0.6) is 0 Å². The van der Waals surface area contributed by atoms with Crippen molar-refractivity contribution in [3.05, 3.63) is 18.2 Å². The van der Waals surface area contributed by atoms with Crippen LogP contribution in [0.2, 0.25) is 0 Å². The van der Waals surface area contributed by atoms with Crippen LogP contribution in [0, 0.1) is 0 Å². The molecule has 0 bridgehead atoms. The number of hydrogen-bond acceptors (Lipinski definition) is 0. The lowest BCUT2D eigenvalue weighted by molar-refractivity contribution is -0.727. The van der Waals surface area contributed by atoms with E-state index in [0.717, 1.165) is 0 Å². The molecule has 2 nitrogen and oxygen atoms in total. The summed E-state index contributed by atoms with van der Waals surface area (Å²) in [6, 6.07) is 0.619. The number of aromatic nitrogens is 2. The summed E-state index contributed by atoms with van der Waals surface area (Å²) in [4.78, 5) is 3.75. The summed E-state index contributed by atoms with van der Waals surface area (Å²) in [5.74, 6) is 2.25. The van der Waals surface area contributed by atoms with E-state index in [1.807, 2.05) is 0 Å². The average molecular weight is 644 g/mol. The molecule has 1 N–H and O–H groups in total. The smallest absolute Gasteiger partial charge is 0.247 e. The van der Waals surface area contributed by atoms with Gasteiger partial charge in [-0.15, -0.1) is 0 Å².